The SMILES string of the molecule is C=Cc1nc(-c2nc(C)ns2)n2c1[C@@H](C)N(C(=O)c1ccc(F)cc1)CC2. The van der Waals surface area contributed by atoms with Crippen molar-refractivity contribution in [3.05, 3.63) is 59.4 Å². The zero-order valence-electron chi connectivity index (χ0n) is 15.0. The summed E-state index contributed by atoms with van der Waals surface area (Å²) in [6.45, 7) is 8.81. The summed E-state index contributed by atoms with van der Waals surface area (Å²) in [4.78, 5) is 23.9. The van der Waals surface area contributed by atoms with Gasteiger partial charge in [-0.2, -0.15) is 4.37 Å². The maximum atomic E-state index is 13.2. The normalized spacial score (nSPS) is 16.3. The molecule has 8 heteroatoms. The van der Waals surface area contributed by atoms with Crippen LogP contribution < -0.4 is 0 Å². The Balaban J connectivity index is 1.72. The van der Waals surface area contributed by atoms with E-state index in [2.05, 4.69) is 25.5 Å². The molecule has 3 aromatic rings. The summed E-state index contributed by atoms with van der Waals surface area (Å²) in [6.07, 6.45) is 1.70. The van der Waals surface area contributed by atoms with Crippen molar-refractivity contribution in [3.8, 4) is 10.8 Å². The summed E-state index contributed by atoms with van der Waals surface area (Å²) in [5, 5.41) is 0.757. The Morgan fingerprint density at radius 1 is 1.30 bits per heavy atom. The molecule has 0 unspecified atom stereocenters. The summed E-state index contributed by atoms with van der Waals surface area (Å²) < 4.78 is 19.5. The van der Waals surface area contributed by atoms with Crippen molar-refractivity contribution in [2.45, 2.75) is 26.4 Å². The van der Waals surface area contributed by atoms with Crippen LogP contribution in [0.5, 0.6) is 0 Å². The standard InChI is InChI=1S/C19H18FN5OS/c1-4-15-16-11(2)24(19(26)13-5-7-14(20)8-6-13)9-10-25(16)17(22-15)18-21-12(3)23-27-18/h4-8,11H,1,9-10H2,2-3H3/t11-/m1/s1. The molecule has 0 radical (unpaired) electrons. The maximum Gasteiger partial charge on any atom is 0.254 e. The van der Waals surface area contributed by atoms with Gasteiger partial charge in [-0.3, -0.25) is 4.79 Å². The molecule has 27 heavy (non-hydrogen) atoms. The highest BCUT2D eigenvalue weighted by molar-refractivity contribution is 7.09. The average Bonchev–Trinajstić information content (AvgIpc) is 3.26. The molecular weight excluding hydrogens is 365 g/mol. The van der Waals surface area contributed by atoms with Gasteiger partial charge in [-0.05, 0) is 55.7 Å². The Bertz CT molecular complexity index is 1020. The zero-order chi connectivity index (χ0) is 19.1. The van der Waals surface area contributed by atoms with Crippen molar-refractivity contribution >= 4 is 23.5 Å². The number of rotatable bonds is 3. The second-order valence-corrected chi connectivity index (χ2v) is 7.14. The van der Waals surface area contributed by atoms with Crippen LogP contribution in [0.15, 0.2) is 30.8 Å². The van der Waals surface area contributed by atoms with E-state index < -0.39 is 0 Å². The third-order valence-electron chi connectivity index (χ3n) is 4.73. The third-order valence-corrected chi connectivity index (χ3v) is 5.53. The van der Waals surface area contributed by atoms with E-state index in [1.54, 1.807) is 11.0 Å². The number of carbonyl (C=O) groups excluding carboxylic acids is 1. The first-order valence-electron chi connectivity index (χ1n) is 8.59. The number of fused-ring (bicyclic) bond motifs is 1. The van der Waals surface area contributed by atoms with Gasteiger partial charge in [0.1, 0.15) is 11.6 Å². The van der Waals surface area contributed by atoms with Crippen LogP contribution in [0.25, 0.3) is 16.9 Å². The number of imidazole rings is 1. The fourth-order valence-corrected chi connectivity index (χ4v) is 4.11. The van der Waals surface area contributed by atoms with E-state index in [4.69, 9.17) is 0 Å². The minimum absolute atomic E-state index is 0.127. The highest BCUT2D eigenvalue weighted by atomic mass is 32.1. The number of carbonyl (C=O) groups is 1. The van der Waals surface area contributed by atoms with E-state index in [1.807, 2.05) is 13.8 Å². The quantitative estimate of drug-likeness (QED) is 0.692. The Morgan fingerprint density at radius 2 is 2.04 bits per heavy atom. The zero-order valence-corrected chi connectivity index (χ0v) is 15.8. The Kier molecular flexibility index (Phi) is 4.35. The maximum absolute atomic E-state index is 13.2. The van der Waals surface area contributed by atoms with Crippen LogP contribution in [0.3, 0.4) is 0 Å². The summed E-state index contributed by atoms with van der Waals surface area (Å²) in [6, 6.07) is 5.44. The van der Waals surface area contributed by atoms with Crippen molar-refractivity contribution in [1.29, 1.82) is 0 Å². The van der Waals surface area contributed by atoms with Gasteiger partial charge in [-0.1, -0.05) is 6.58 Å². The third kappa shape index (κ3) is 2.95. The highest BCUT2D eigenvalue weighted by Gasteiger charge is 2.33. The van der Waals surface area contributed by atoms with Gasteiger partial charge in [-0.15, -0.1) is 0 Å². The van der Waals surface area contributed by atoms with E-state index in [0.29, 0.717) is 24.5 Å². The molecule has 0 aliphatic carbocycles. The summed E-state index contributed by atoms with van der Waals surface area (Å²) in [5.74, 6) is 0.983. The lowest BCUT2D eigenvalue weighted by atomic mass is 10.1. The van der Waals surface area contributed by atoms with Crippen molar-refractivity contribution in [2.75, 3.05) is 6.54 Å². The average molecular weight is 383 g/mol. The minimum atomic E-state index is -0.359. The summed E-state index contributed by atoms with van der Waals surface area (Å²) in [5.41, 5.74) is 2.13. The Morgan fingerprint density at radius 3 is 2.67 bits per heavy atom. The van der Waals surface area contributed by atoms with E-state index in [1.165, 1.54) is 35.8 Å². The van der Waals surface area contributed by atoms with E-state index in [0.717, 1.165) is 22.2 Å². The molecule has 0 saturated heterocycles. The molecule has 2 aromatic heterocycles. The number of halogens is 1. The fourth-order valence-electron chi connectivity index (χ4n) is 3.44. The molecule has 0 saturated carbocycles. The van der Waals surface area contributed by atoms with Gasteiger partial charge >= 0.3 is 0 Å². The number of hydrogen-bond acceptors (Lipinski definition) is 5. The predicted molar refractivity (Wildman–Crippen MR) is 102 cm³/mol. The van der Waals surface area contributed by atoms with Crippen LogP contribution in [0.2, 0.25) is 0 Å². The van der Waals surface area contributed by atoms with E-state index >= 15 is 0 Å². The number of amides is 1. The molecule has 0 N–H and O–H groups in total. The van der Waals surface area contributed by atoms with Gasteiger partial charge in [0.25, 0.3) is 5.91 Å². The number of nitrogens with zero attached hydrogens (tertiary/aromatic N) is 5. The molecule has 1 aliphatic rings. The minimum Gasteiger partial charge on any atom is -0.329 e. The first-order chi connectivity index (χ1) is 13.0. The smallest absolute Gasteiger partial charge is 0.254 e. The van der Waals surface area contributed by atoms with Crippen LogP contribution in [-0.4, -0.2) is 36.3 Å². The van der Waals surface area contributed by atoms with Crippen LogP contribution in [0, 0.1) is 12.7 Å². The largest absolute Gasteiger partial charge is 0.329 e. The first kappa shape index (κ1) is 17.5. The number of benzene rings is 1. The lowest BCUT2D eigenvalue weighted by Crippen LogP contribution is -2.41. The monoisotopic (exact) mass is 383 g/mol. The molecule has 6 nitrogen and oxygen atoms in total. The van der Waals surface area contributed by atoms with Gasteiger partial charge in [0.05, 0.1) is 17.4 Å². The molecule has 4 rings (SSSR count). The topological polar surface area (TPSA) is 63.9 Å². The highest BCUT2D eigenvalue weighted by Crippen LogP contribution is 2.34. The summed E-state index contributed by atoms with van der Waals surface area (Å²) >= 11 is 1.31. The molecule has 0 bridgehead atoms. The molecule has 138 valence electrons. The molecule has 0 fully saturated rings. The van der Waals surface area contributed by atoms with Gasteiger partial charge < -0.3 is 9.47 Å². The number of aryl methyl sites for hydroxylation is 1. The lowest BCUT2D eigenvalue weighted by molar-refractivity contribution is 0.0644. The number of hydrogen-bond donors (Lipinski definition) is 0. The van der Waals surface area contributed by atoms with Gasteiger partial charge in [0.15, 0.2) is 10.8 Å². The van der Waals surface area contributed by atoms with Crippen LogP contribution in [-0.2, 0) is 6.54 Å². The molecule has 0 spiro atoms. The van der Waals surface area contributed by atoms with Crippen molar-refractivity contribution in [3.63, 3.8) is 0 Å². The molecule has 1 aromatic carbocycles. The van der Waals surface area contributed by atoms with Crippen molar-refractivity contribution < 1.29 is 9.18 Å². The predicted octanol–water partition coefficient (Wildman–Crippen LogP) is 3.71. The number of aromatic nitrogens is 4. The van der Waals surface area contributed by atoms with Gasteiger partial charge in [0, 0.05) is 18.7 Å². The summed E-state index contributed by atoms with van der Waals surface area (Å²) in [7, 11) is 0. The molecule has 1 amide bonds. The molecule has 1 aliphatic heterocycles. The lowest BCUT2D eigenvalue weighted by Gasteiger charge is -2.35. The molecule has 1 atom stereocenters. The van der Waals surface area contributed by atoms with Crippen LogP contribution in [0.1, 0.15) is 40.5 Å². The second kappa shape index (κ2) is 6.70. The molecular formula is C19H18FN5OS. The van der Waals surface area contributed by atoms with Gasteiger partial charge in [0.2, 0.25) is 0 Å². The van der Waals surface area contributed by atoms with E-state index in [-0.39, 0.29) is 17.8 Å². The fraction of sp³-hybridized carbons (Fsp3) is 0.263. The second-order valence-electron chi connectivity index (χ2n) is 6.39. The Hall–Kier alpha value is -2.87. The Labute approximate surface area is 160 Å². The van der Waals surface area contributed by atoms with Gasteiger partial charge in [-0.25, -0.2) is 14.4 Å². The first-order valence-corrected chi connectivity index (χ1v) is 9.37. The van der Waals surface area contributed by atoms with Crippen LogP contribution in [0.4, 0.5) is 4.39 Å². The van der Waals surface area contributed by atoms with Crippen molar-refractivity contribution in [1.82, 2.24) is 23.8 Å². The van der Waals surface area contributed by atoms with Crippen LogP contribution >= 0.6 is 11.5 Å². The van der Waals surface area contributed by atoms with Crippen molar-refractivity contribution in [2.24, 2.45) is 0 Å². The molecule has 3 heterocycles. The van der Waals surface area contributed by atoms with E-state index in [9.17, 15) is 9.18 Å².